The molecule has 0 heterocycles. The number of nitrogen functional groups attached to an aromatic ring is 1. The minimum Gasteiger partial charge on any atom is -0.398 e. The van der Waals surface area contributed by atoms with Crippen LogP contribution < -0.4 is 11.1 Å². The first-order chi connectivity index (χ1) is 7.15. The van der Waals surface area contributed by atoms with Crippen molar-refractivity contribution in [3.8, 4) is 0 Å². The van der Waals surface area contributed by atoms with Crippen molar-refractivity contribution in [2.24, 2.45) is 0 Å². The lowest BCUT2D eigenvalue weighted by atomic mass is 10.2. The molecule has 0 aromatic heterocycles. The van der Waals surface area contributed by atoms with E-state index >= 15 is 0 Å². The van der Waals surface area contributed by atoms with Crippen LogP contribution in [0.1, 0.15) is 16.8 Å². The predicted molar refractivity (Wildman–Crippen MR) is 59.9 cm³/mol. The lowest BCUT2D eigenvalue weighted by Gasteiger charge is -2.05. The third-order valence-electron chi connectivity index (χ3n) is 1.88. The summed E-state index contributed by atoms with van der Waals surface area (Å²) >= 11 is 5.72. The summed E-state index contributed by atoms with van der Waals surface area (Å²) in [5.74, 6) is -0.216. The highest BCUT2D eigenvalue weighted by atomic mass is 35.5. The Kier molecular flexibility index (Phi) is 4.39. The number of hydrogen-bond donors (Lipinski definition) is 3. The van der Waals surface area contributed by atoms with Gasteiger partial charge in [0, 0.05) is 18.7 Å². The van der Waals surface area contributed by atoms with Crippen molar-refractivity contribution >= 4 is 23.2 Å². The number of nitrogens with one attached hydrogen (secondary N) is 1. The molecule has 0 saturated carbocycles. The van der Waals surface area contributed by atoms with Gasteiger partial charge in [0.1, 0.15) is 0 Å². The molecule has 1 aromatic carbocycles. The number of benzene rings is 1. The molecule has 0 aliphatic heterocycles. The van der Waals surface area contributed by atoms with Gasteiger partial charge in [-0.25, -0.2) is 0 Å². The highest BCUT2D eigenvalue weighted by Crippen LogP contribution is 2.19. The largest absolute Gasteiger partial charge is 0.398 e. The Bertz CT molecular complexity index is 355. The van der Waals surface area contributed by atoms with E-state index in [0.717, 1.165) is 0 Å². The summed E-state index contributed by atoms with van der Waals surface area (Å²) in [6.45, 7) is 0.501. The third kappa shape index (κ3) is 3.42. The monoisotopic (exact) mass is 228 g/mol. The molecule has 0 bridgehead atoms. The summed E-state index contributed by atoms with van der Waals surface area (Å²) < 4.78 is 0. The first kappa shape index (κ1) is 11.8. The molecule has 0 aliphatic carbocycles. The van der Waals surface area contributed by atoms with Gasteiger partial charge >= 0.3 is 0 Å². The molecular formula is C10H13ClN2O2. The number of rotatable bonds is 4. The first-order valence-electron chi connectivity index (χ1n) is 4.59. The van der Waals surface area contributed by atoms with E-state index in [1.165, 1.54) is 6.07 Å². The number of halogens is 1. The standard InChI is InChI=1S/C10H13ClN2O2/c11-8-3-2-7(6-9(8)12)10(15)13-4-1-5-14/h2-3,6,14H,1,4-5,12H2,(H,13,15). The normalized spacial score (nSPS) is 10.0. The van der Waals surface area contributed by atoms with Crippen LogP contribution in [0.2, 0.25) is 5.02 Å². The maximum absolute atomic E-state index is 11.5. The molecule has 15 heavy (non-hydrogen) atoms. The molecule has 0 aliphatic rings. The molecular weight excluding hydrogens is 216 g/mol. The van der Waals surface area contributed by atoms with Crippen molar-refractivity contribution in [3.63, 3.8) is 0 Å². The number of anilines is 1. The van der Waals surface area contributed by atoms with E-state index in [1.807, 2.05) is 0 Å². The van der Waals surface area contributed by atoms with Gasteiger partial charge in [-0.1, -0.05) is 11.6 Å². The van der Waals surface area contributed by atoms with Crippen LogP contribution in [-0.2, 0) is 0 Å². The van der Waals surface area contributed by atoms with E-state index in [9.17, 15) is 4.79 Å². The van der Waals surface area contributed by atoms with Gasteiger partial charge in [-0.05, 0) is 24.6 Å². The lowest BCUT2D eigenvalue weighted by Crippen LogP contribution is -2.25. The van der Waals surface area contributed by atoms with Crippen molar-refractivity contribution in [1.82, 2.24) is 5.32 Å². The van der Waals surface area contributed by atoms with Crippen LogP contribution in [0.4, 0.5) is 5.69 Å². The number of carbonyl (C=O) groups excluding carboxylic acids is 1. The molecule has 0 saturated heterocycles. The van der Waals surface area contributed by atoms with Crippen molar-refractivity contribution in [2.75, 3.05) is 18.9 Å². The second-order valence-corrected chi connectivity index (χ2v) is 3.48. The van der Waals surface area contributed by atoms with Gasteiger partial charge in [-0.3, -0.25) is 4.79 Å². The Hall–Kier alpha value is -1.26. The average molecular weight is 229 g/mol. The fourth-order valence-electron chi connectivity index (χ4n) is 1.07. The molecule has 0 fully saturated rings. The maximum atomic E-state index is 11.5. The zero-order valence-corrected chi connectivity index (χ0v) is 8.92. The summed E-state index contributed by atoms with van der Waals surface area (Å²) in [6, 6.07) is 4.71. The fraction of sp³-hybridized carbons (Fsp3) is 0.300. The third-order valence-corrected chi connectivity index (χ3v) is 2.22. The van der Waals surface area contributed by atoms with Crippen LogP contribution in [0.25, 0.3) is 0 Å². The van der Waals surface area contributed by atoms with Gasteiger partial charge in [-0.2, -0.15) is 0 Å². The summed E-state index contributed by atoms with van der Waals surface area (Å²) in [7, 11) is 0. The summed E-state index contributed by atoms with van der Waals surface area (Å²) in [5, 5.41) is 11.6. The van der Waals surface area contributed by atoms with Crippen molar-refractivity contribution in [1.29, 1.82) is 0 Å². The molecule has 0 spiro atoms. The van der Waals surface area contributed by atoms with Gasteiger partial charge in [0.2, 0.25) is 0 Å². The zero-order chi connectivity index (χ0) is 11.3. The van der Waals surface area contributed by atoms with E-state index in [1.54, 1.807) is 12.1 Å². The average Bonchev–Trinajstić information content (AvgIpc) is 2.22. The van der Waals surface area contributed by atoms with Crippen LogP contribution in [0, 0.1) is 0 Å². The van der Waals surface area contributed by atoms with Crippen LogP contribution >= 0.6 is 11.6 Å². The molecule has 5 heteroatoms. The quantitative estimate of drug-likeness (QED) is 0.532. The number of aliphatic hydroxyl groups is 1. The molecule has 1 aromatic rings. The number of amides is 1. The number of carbonyl (C=O) groups is 1. The van der Waals surface area contributed by atoms with Gasteiger partial charge in [-0.15, -0.1) is 0 Å². The fourth-order valence-corrected chi connectivity index (χ4v) is 1.19. The predicted octanol–water partition coefficient (Wildman–Crippen LogP) is 1.03. The Balaban J connectivity index is 2.62. The topological polar surface area (TPSA) is 75.4 Å². The van der Waals surface area contributed by atoms with Gasteiger partial charge in [0.05, 0.1) is 10.7 Å². The molecule has 0 atom stereocenters. The summed E-state index contributed by atoms with van der Waals surface area (Å²) in [5.41, 5.74) is 6.41. The van der Waals surface area contributed by atoms with E-state index in [4.69, 9.17) is 22.4 Å². The second kappa shape index (κ2) is 5.58. The first-order valence-corrected chi connectivity index (χ1v) is 4.97. The Morgan fingerprint density at radius 1 is 1.53 bits per heavy atom. The number of aliphatic hydroxyl groups excluding tert-OH is 1. The Morgan fingerprint density at radius 2 is 2.27 bits per heavy atom. The van der Waals surface area contributed by atoms with Crippen LogP contribution in [0.3, 0.4) is 0 Å². The smallest absolute Gasteiger partial charge is 0.251 e. The molecule has 1 rings (SSSR count). The summed E-state index contributed by atoms with van der Waals surface area (Å²) in [6.07, 6.45) is 0.537. The summed E-state index contributed by atoms with van der Waals surface area (Å²) in [4.78, 5) is 11.5. The molecule has 4 N–H and O–H groups in total. The minimum absolute atomic E-state index is 0.0586. The SMILES string of the molecule is Nc1cc(C(=O)NCCCO)ccc1Cl. The highest BCUT2D eigenvalue weighted by Gasteiger charge is 2.06. The Morgan fingerprint density at radius 3 is 2.87 bits per heavy atom. The van der Waals surface area contributed by atoms with E-state index in [2.05, 4.69) is 5.32 Å². The molecule has 0 unspecified atom stereocenters. The van der Waals surface area contributed by atoms with Crippen LogP contribution in [0.5, 0.6) is 0 Å². The molecule has 82 valence electrons. The van der Waals surface area contributed by atoms with E-state index in [-0.39, 0.29) is 12.5 Å². The molecule has 1 amide bonds. The maximum Gasteiger partial charge on any atom is 0.251 e. The zero-order valence-electron chi connectivity index (χ0n) is 8.16. The van der Waals surface area contributed by atoms with E-state index in [0.29, 0.717) is 29.2 Å². The van der Waals surface area contributed by atoms with Gasteiger partial charge in [0.15, 0.2) is 0 Å². The number of nitrogens with two attached hydrogens (primary N) is 1. The van der Waals surface area contributed by atoms with Crippen molar-refractivity contribution in [2.45, 2.75) is 6.42 Å². The molecule has 0 radical (unpaired) electrons. The minimum atomic E-state index is -0.216. The van der Waals surface area contributed by atoms with Crippen molar-refractivity contribution < 1.29 is 9.90 Å². The molecule has 4 nitrogen and oxygen atoms in total. The van der Waals surface area contributed by atoms with Gasteiger partial charge in [0.25, 0.3) is 5.91 Å². The van der Waals surface area contributed by atoms with Crippen molar-refractivity contribution in [3.05, 3.63) is 28.8 Å². The lowest BCUT2D eigenvalue weighted by molar-refractivity contribution is 0.0951. The Labute approximate surface area is 93.0 Å². The number of hydrogen-bond acceptors (Lipinski definition) is 3. The second-order valence-electron chi connectivity index (χ2n) is 3.07. The van der Waals surface area contributed by atoms with E-state index < -0.39 is 0 Å². The van der Waals surface area contributed by atoms with Crippen LogP contribution in [0.15, 0.2) is 18.2 Å². The van der Waals surface area contributed by atoms with Gasteiger partial charge < -0.3 is 16.2 Å². The highest BCUT2D eigenvalue weighted by molar-refractivity contribution is 6.33. The van der Waals surface area contributed by atoms with Crippen LogP contribution in [-0.4, -0.2) is 24.2 Å².